The van der Waals surface area contributed by atoms with E-state index in [2.05, 4.69) is 5.32 Å². The fourth-order valence-electron chi connectivity index (χ4n) is 1.75. The number of rotatable bonds is 6. The lowest BCUT2D eigenvalue weighted by Gasteiger charge is -2.05. The molecule has 0 unspecified atom stereocenters. The normalized spacial score (nSPS) is 11.1. The summed E-state index contributed by atoms with van der Waals surface area (Å²) in [6.07, 6.45) is 3.08. The Bertz CT molecular complexity index is 737. The molecule has 0 aliphatic rings. The quantitative estimate of drug-likeness (QED) is 0.418. The molecule has 8 heteroatoms. The highest BCUT2D eigenvalue weighted by atomic mass is 16.5. The van der Waals surface area contributed by atoms with Crippen molar-refractivity contribution in [2.75, 3.05) is 20.3 Å². The Morgan fingerprint density at radius 2 is 2.14 bits per heavy atom. The predicted octanol–water partition coefficient (Wildman–Crippen LogP) is -0.856. The summed E-state index contributed by atoms with van der Waals surface area (Å²) in [6.45, 7) is 0.851. The summed E-state index contributed by atoms with van der Waals surface area (Å²) >= 11 is 0. The van der Waals surface area contributed by atoms with Gasteiger partial charge in [-0.15, -0.1) is 0 Å². The van der Waals surface area contributed by atoms with E-state index in [1.54, 1.807) is 13.2 Å². The number of nitrogens with zero attached hydrogens (tertiary/aromatic N) is 3. The van der Waals surface area contributed by atoms with Crippen LogP contribution in [0.25, 0.3) is 6.08 Å². The van der Waals surface area contributed by atoms with E-state index in [0.29, 0.717) is 19.6 Å². The third-order valence-corrected chi connectivity index (χ3v) is 2.95. The van der Waals surface area contributed by atoms with Crippen LogP contribution in [-0.4, -0.2) is 35.3 Å². The van der Waals surface area contributed by atoms with Crippen molar-refractivity contribution in [3.8, 4) is 6.07 Å². The van der Waals surface area contributed by atoms with Crippen molar-refractivity contribution in [3.63, 3.8) is 0 Å². The minimum absolute atomic E-state index is 0.0909. The van der Waals surface area contributed by atoms with Gasteiger partial charge >= 0.3 is 5.69 Å². The van der Waals surface area contributed by atoms with Gasteiger partial charge in [0.2, 0.25) is 0 Å². The highest BCUT2D eigenvalue weighted by Gasteiger charge is 2.11. The van der Waals surface area contributed by atoms with Gasteiger partial charge in [0.05, 0.1) is 5.56 Å². The Labute approximate surface area is 127 Å². The molecule has 1 N–H and O–H groups in total. The molecule has 0 aliphatic carbocycles. The molecular formula is C14H18N4O4. The minimum Gasteiger partial charge on any atom is -0.385 e. The highest BCUT2D eigenvalue weighted by Crippen LogP contribution is 2.01. The summed E-state index contributed by atoms with van der Waals surface area (Å²) in [5, 5.41) is 11.6. The maximum Gasteiger partial charge on any atom is 0.330 e. The van der Waals surface area contributed by atoms with E-state index >= 15 is 0 Å². The first-order valence-corrected chi connectivity index (χ1v) is 6.58. The number of aryl methyl sites for hydroxylation is 1. The summed E-state index contributed by atoms with van der Waals surface area (Å²) in [5.74, 6) is -0.575. The van der Waals surface area contributed by atoms with Gasteiger partial charge in [-0.2, -0.15) is 5.26 Å². The summed E-state index contributed by atoms with van der Waals surface area (Å²) in [7, 11) is 4.37. The van der Waals surface area contributed by atoms with Gasteiger partial charge in [-0.3, -0.25) is 14.2 Å². The highest BCUT2D eigenvalue weighted by molar-refractivity contribution is 6.01. The Balaban J connectivity index is 3.04. The standard InChI is InChI=1S/C14H18N4O4/c1-17-9-11(13(20)18(2)14(17)21)7-10(8-15)12(19)16-5-4-6-22-3/h7,9H,4-6H2,1-3H3,(H,16,19)/b10-7+. The van der Waals surface area contributed by atoms with Gasteiger partial charge in [0.25, 0.3) is 11.5 Å². The molecule has 0 bridgehead atoms. The lowest BCUT2D eigenvalue weighted by Crippen LogP contribution is -2.37. The van der Waals surface area contributed by atoms with Crippen LogP contribution < -0.4 is 16.6 Å². The molecule has 8 nitrogen and oxygen atoms in total. The van der Waals surface area contributed by atoms with E-state index < -0.39 is 17.2 Å². The van der Waals surface area contributed by atoms with E-state index in [0.717, 1.165) is 4.57 Å². The Morgan fingerprint density at radius 3 is 2.73 bits per heavy atom. The topological polar surface area (TPSA) is 106 Å². The molecule has 0 fully saturated rings. The molecule has 0 atom stereocenters. The molecule has 1 aromatic heterocycles. The first kappa shape index (κ1) is 17.4. The van der Waals surface area contributed by atoms with E-state index in [-0.39, 0.29) is 11.1 Å². The second-order valence-electron chi connectivity index (χ2n) is 4.61. The predicted molar refractivity (Wildman–Crippen MR) is 80.0 cm³/mol. The number of aromatic nitrogens is 2. The van der Waals surface area contributed by atoms with E-state index in [1.807, 2.05) is 0 Å². The third kappa shape index (κ3) is 4.17. The molecule has 0 radical (unpaired) electrons. The molecule has 118 valence electrons. The molecule has 1 heterocycles. The van der Waals surface area contributed by atoms with Crippen LogP contribution in [0.1, 0.15) is 12.0 Å². The number of carbonyl (C=O) groups is 1. The van der Waals surface area contributed by atoms with Gasteiger partial charge in [-0.1, -0.05) is 0 Å². The summed E-state index contributed by atoms with van der Waals surface area (Å²) in [6, 6.07) is 1.75. The smallest absolute Gasteiger partial charge is 0.330 e. The lowest BCUT2D eigenvalue weighted by atomic mass is 10.2. The Kier molecular flexibility index (Phi) is 6.28. The van der Waals surface area contributed by atoms with Crippen LogP contribution in [0.4, 0.5) is 0 Å². The van der Waals surface area contributed by atoms with Crippen LogP contribution in [0.5, 0.6) is 0 Å². The van der Waals surface area contributed by atoms with Gasteiger partial charge in [0.1, 0.15) is 11.6 Å². The van der Waals surface area contributed by atoms with Crippen molar-refractivity contribution in [2.45, 2.75) is 6.42 Å². The second kappa shape index (κ2) is 7.95. The average Bonchev–Trinajstić information content (AvgIpc) is 2.51. The Morgan fingerprint density at radius 1 is 1.45 bits per heavy atom. The molecule has 0 saturated carbocycles. The molecule has 22 heavy (non-hydrogen) atoms. The SMILES string of the molecule is COCCCNC(=O)/C(C#N)=C/c1cn(C)c(=O)n(C)c1=O. The maximum absolute atomic E-state index is 12.0. The molecule has 0 spiro atoms. The first-order chi connectivity index (χ1) is 10.4. The van der Waals surface area contributed by atoms with Crippen LogP contribution in [-0.2, 0) is 23.6 Å². The number of amides is 1. The molecule has 0 aromatic carbocycles. The molecule has 0 saturated heterocycles. The zero-order valence-corrected chi connectivity index (χ0v) is 12.8. The van der Waals surface area contributed by atoms with Gasteiger partial charge in [0.15, 0.2) is 0 Å². The number of methoxy groups -OCH3 is 1. The molecule has 1 aromatic rings. The van der Waals surface area contributed by atoms with Crippen molar-refractivity contribution >= 4 is 12.0 Å². The number of nitriles is 1. The van der Waals surface area contributed by atoms with Gasteiger partial charge in [0, 0.05) is 40.6 Å². The zero-order chi connectivity index (χ0) is 16.7. The lowest BCUT2D eigenvalue weighted by molar-refractivity contribution is -0.117. The van der Waals surface area contributed by atoms with Crippen molar-refractivity contribution in [3.05, 3.63) is 38.2 Å². The van der Waals surface area contributed by atoms with Gasteiger partial charge in [-0.05, 0) is 12.5 Å². The summed E-state index contributed by atoms with van der Waals surface area (Å²) in [4.78, 5) is 35.4. The fourth-order valence-corrected chi connectivity index (χ4v) is 1.75. The van der Waals surface area contributed by atoms with Crippen LogP contribution >= 0.6 is 0 Å². The van der Waals surface area contributed by atoms with Crippen molar-refractivity contribution in [1.29, 1.82) is 5.26 Å². The number of carbonyl (C=O) groups excluding carboxylic acids is 1. The van der Waals surface area contributed by atoms with Crippen molar-refractivity contribution in [1.82, 2.24) is 14.5 Å². The largest absolute Gasteiger partial charge is 0.385 e. The van der Waals surface area contributed by atoms with E-state index in [4.69, 9.17) is 10.00 Å². The van der Waals surface area contributed by atoms with E-state index in [9.17, 15) is 14.4 Å². The van der Waals surface area contributed by atoms with Crippen LogP contribution in [0, 0.1) is 11.3 Å². The number of nitrogens with one attached hydrogen (secondary N) is 1. The summed E-state index contributed by atoms with van der Waals surface area (Å²) < 4.78 is 6.97. The molecule has 1 amide bonds. The summed E-state index contributed by atoms with van der Waals surface area (Å²) in [5.41, 5.74) is -1.16. The average molecular weight is 306 g/mol. The zero-order valence-electron chi connectivity index (χ0n) is 12.8. The van der Waals surface area contributed by atoms with Gasteiger partial charge < -0.3 is 14.6 Å². The van der Waals surface area contributed by atoms with Crippen LogP contribution in [0.15, 0.2) is 21.4 Å². The first-order valence-electron chi connectivity index (χ1n) is 6.58. The number of ether oxygens (including phenoxy) is 1. The molecule has 1 rings (SSSR count). The van der Waals surface area contributed by atoms with Crippen molar-refractivity contribution in [2.24, 2.45) is 14.1 Å². The fraction of sp³-hybridized carbons (Fsp3) is 0.429. The minimum atomic E-state index is -0.575. The molecule has 0 aliphatic heterocycles. The number of hydrogen-bond donors (Lipinski definition) is 1. The van der Waals surface area contributed by atoms with Crippen LogP contribution in [0.2, 0.25) is 0 Å². The third-order valence-electron chi connectivity index (χ3n) is 2.95. The van der Waals surface area contributed by atoms with Gasteiger partial charge in [-0.25, -0.2) is 4.79 Å². The molecular weight excluding hydrogens is 288 g/mol. The maximum atomic E-state index is 12.0. The van der Waals surface area contributed by atoms with Crippen LogP contribution in [0.3, 0.4) is 0 Å². The van der Waals surface area contributed by atoms with E-state index in [1.165, 1.54) is 30.9 Å². The monoisotopic (exact) mass is 306 g/mol. The Hall–Kier alpha value is -2.66. The van der Waals surface area contributed by atoms with Crippen molar-refractivity contribution < 1.29 is 9.53 Å². The second-order valence-corrected chi connectivity index (χ2v) is 4.61. The number of hydrogen-bond acceptors (Lipinski definition) is 5.